The van der Waals surface area contributed by atoms with Crippen molar-refractivity contribution in [2.75, 3.05) is 0 Å². The number of rotatable bonds is 4. The molecule has 22 heavy (non-hydrogen) atoms. The number of hydrogen-bond acceptors (Lipinski definition) is 5. The number of furan rings is 4. The second kappa shape index (κ2) is 4.96. The molecule has 0 amide bonds. The van der Waals surface area contributed by atoms with Gasteiger partial charge in [-0.25, -0.2) is 0 Å². The zero-order chi connectivity index (χ0) is 14.9. The molecule has 0 N–H and O–H groups in total. The molecule has 5 heteroatoms. The van der Waals surface area contributed by atoms with E-state index in [0.717, 1.165) is 0 Å². The summed E-state index contributed by atoms with van der Waals surface area (Å²) in [6, 6.07) is 10.2. The molecule has 0 aromatic carbocycles. The van der Waals surface area contributed by atoms with Crippen LogP contribution < -0.4 is 0 Å². The molecule has 108 valence electrons. The second-order valence-corrected chi connectivity index (χ2v) is 4.61. The lowest BCUT2D eigenvalue weighted by molar-refractivity contribution is 0.103. The molecule has 5 nitrogen and oxygen atoms in total. The highest BCUT2D eigenvalue weighted by Gasteiger charge is 2.24. The predicted octanol–water partition coefficient (Wildman–Crippen LogP) is 4.62. The molecule has 0 aliphatic rings. The Balaban J connectivity index is 1.79. The third kappa shape index (κ3) is 1.91. The van der Waals surface area contributed by atoms with E-state index in [1.165, 1.54) is 25.1 Å². The van der Waals surface area contributed by atoms with Crippen molar-refractivity contribution < 1.29 is 22.5 Å². The van der Waals surface area contributed by atoms with E-state index in [4.69, 9.17) is 17.7 Å². The fourth-order valence-corrected chi connectivity index (χ4v) is 2.32. The van der Waals surface area contributed by atoms with E-state index in [2.05, 4.69) is 0 Å². The van der Waals surface area contributed by atoms with Gasteiger partial charge in [-0.15, -0.1) is 0 Å². The summed E-state index contributed by atoms with van der Waals surface area (Å²) < 4.78 is 21.4. The van der Waals surface area contributed by atoms with Gasteiger partial charge in [-0.1, -0.05) is 0 Å². The summed E-state index contributed by atoms with van der Waals surface area (Å²) in [5.74, 6) is 1.55. The molecule has 0 radical (unpaired) electrons. The molecule has 0 spiro atoms. The lowest BCUT2D eigenvalue weighted by atomic mass is 10.0. The molecule has 4 aromatic rings. The molecule has 0 aliphatic carbocycles. The van der Waals surface area contributed by atoms with Crippen LogP contribution in [0.25, 0.3) is 23.0 Å². The Morgan fingerprint density at radius 3 is 1.55 bits per heavy atom. The van der Waals surface area contributed by atoms with Gasteiger partial charge < -0.3 is 17.7 Å². The Morgan fingerprint density at radius 1 is 0.636 bits per heavy atom. The summed E-state index contributed by atoms with van der Waals surface area (Å²) in [6.07, 6.45) is 5.96. The third-order valence-corrected chi connectivity index (χ3v) is 3.31. The van der Waals surface area contributed by atoms with Crippen LogP contribution in [0.5, 0.6) is 0 Å². The highest BCUT2D eigenvalue weighted by atomic mass is 16.4. The first kappa shape index (κ1) is 12.5. The fourth-order valence-electron chi connectivity index (χ4n) is 2.32. The summed E-state index contributed by atoms with van der Waals surface area (Å²) in [4.78, 5) is 12.8. The molecule has 0 atom stereocenters. The third-order valence-electron chi connectivity index (χ3n) is 3.31. The summed E-state index contributed by atoms with van der Waals surface area (Å²) in [5.41, 5.74) is 0.813. The summed E-state index contributed by atoms with van der Waals surface area (Å²) in [7, 11) is 0. The maximum Gasteiger partial charge on any atom is 0.201 e. The lowest BCUT2D eigenvalue weighted by Crippen LogP contribution is -2.01. The monoisotopic (exact) mass is 294 g/mol. The summed E-state index contributed by atoms with van der Waals surface area (Å²) >= 11 is 0. The van der Waals surface area contributed by atoms with E-state index in [9.17, 15) is 4.79 Å². The van der Waals surface area contributed by atoms with E-state index >= 15 is 0 Å². The first-order valence-electron chi connectivity index (χ1n) is 6.62. The van der Waals surface area contributed by atoms with Gasteiger partial charge in [0.05, 0.1) is 36.2 Å². The lowest BCUT2D eigenvalue weighted by Gasteiger charge is -2.00. The zero-order valence-electron chi connectivity index (χ0n) is 11.3. The molecular formula is C17H10O5. The molecule has 0 saturated carbocycles. The van der Waals surface area contributed by atoms with E-state index in [0.29, 0.717) is 34.2 Å². The van der Waals surface area contributed by atoms with Crippen LogP contribution in [0.15, 0.2) is 79.1 Å². The minimum atomic E-state index is -0.222. The molecule has 0 fully saturated rings. The van der Waals surface area contributed by atoms with Crippen LogP contribution in [-0.4, -0.2) is 5.78 Å². The smallest absolute Gasteiger partial charge is 0.201 e. The van der Waals surface area contributed by atoms with Crippen molar-refractivity contribution in [3.05, 3.63) is 72.6 Å². The first-order valence-corrected chi connectivity index (χ1v) is 6.62. The molecule has 4 heterocycles. The Morgan fingerprint density at radius 2 is 1.14 bits per heavy atom. The summed E-state index contributed by atoms with van der Waals surface area (Å²) in [5, 5.41) is 0. The largest absolute Gasteiger partial charge is 0.461 e. The molecule has 0 unspecified atom stereocenters. The van der Waals surface area contributed by atoms with Gasteiger partial charge >= 0.3 is 0 Å². The van der Waals surface area contributed by atoms with Crippen molar-refractivity contribution in [1.29, 1.82) is 0 Å². The van der Waals surface area contributed by atoms with Gasteiger partial charge in [0.2, 0.25) is 5.78 Å². The van der Waals surface area contributed by atoms with Crippen LogP contribution in [0.1, 0.15) is 15.9 Å². The van der Waals surface area contributed by atoms with E-state index < -0.39 is 0 Å². The van der Waals surface area contributed by atoms with Gasteiger partial charge in [0.25, 0.3) is 0 Å². The molecule has 0 bridgehead atoms. The molecule has 4 rings (SSSR count). The molecule has 4 aromatic heterocycles. The van der Waals surface area contributed by atoms with Crippen LogP contribution in [-0.2, 0) is 0 Å². The minimum absolute atomic E-state index is 0.222. The van der Waals surface area contributed by atoms with E-state index in [-0.39, 0.29) is 5.78 Å². The van der Waals surface area contributed by atoms with Crippen LogP contribution in [0, 0.1) is 0 Å². The van der Waals surface area contributed by atoms with Crippen molar-refractivity contribution >= 4 is 5.78 Å². The van der Waals surface area contributed by atoms with Gasteiger partial charge in [0.1, 0.15) is 0 Å². The van der Waals surface area contributed by atoms with Gasteiger partial charge in [0, 0.05) is 0 Å². The number of ketones is 1. The molecule has 0 aliphatic heterocycles. The Labute approximate surface area is 124 Å². The van der Waals surface area contributed by atoms with Crippen LogP contribution in [0.4, 0.5) is 0 Å². The highest BCUT2D eigenvalue weighted by Crippen LogP contribution is 2.31. The average Bonchev–Trinajstić information content (AvgIpc) is 3.35. The maximum atomic E-state index is 12.8. The maximum absolute atomic E-state index is 12.8. The Bertz CT molecular complexity index is 816. The Kier molecular flexibility index (Phi) is 2.83. The van der Waals surface area contributed by atoms with Gasteiger partial charge in [-0.05, 0) is 36.4 Å². The quantitative estimate of drug-likeness (QED) is 0.513. The summed E-state index contributed by atoms with van der Waals surface area (Å²) in [6.45, 7) is 0. The van der Waals surface area contributed by atoms with Gasteiger partial charge in [-0.2, -0.15) is 0 Å². The van der Waals surface area contributed by atoms with Crippen molar-refractivity contribution in [3.8, 4) is 23.0 Å². The van der Waals surface area contributed by atoms with Crippen LogP contribution in [0.2, 0.25) is 0 Å². The zero-order valence-corrected chi connectivity index (χ0v) is 11.3. The number of carbonyl (C=O) groups is 1. The highest BCUT2D eigenvalue weighted by molar-refractivity contribution is 6.14. The van der Waals surface area contributed by atoms with Gasteiger partial charge in [-0.3, -0.25) is 4.79 Å². The minimum Gasteiger partial charge on any atom is -0.461 e. The second-order valence-electron chi connectivity index (χ2n) is 4.61. The SMILES string of the molecule is O=C(c1ccoc1-c1ccco1)c1ccoc1-c1ccco1. The number of hydrogen-bond donors (Lipinski definition) is 0. The topological polar surface area (TPSA) is 69.6 Å². The van der Waals surface area contributed by atoms with E-state index in [1.54, 1.807) is 36.4 Å². The van der Waals surface area contributed by atoms with Crippen molar-refractivity contribution in [1.82, 2.24) is 0 Å². The first-order chi connectivity index (χ1) is 10.8. The number of carbonyl (C=O) groups excluding carboxylic acids is 1. The van der Waals surface area contributed by atoms with Gasteiger partial charge in [0.15, 0.2) is 23.0 Å². The average molecular weight is 294 g/mol. The molecular weight excluding hydrogens is 284 g/mol. The van der Waals surface area contributed by atoms with Crippen molar-refractivity contribution in [2.24, 2.45) is 0 Å². The standard InChI is InChI=1S/C17H10O5/c18-15(11-5-9-21-16(11)13-3-1-7-19-13)12-6-10-22-17(12)14-4-2-8-20-14/h1-10H. The van der Waals surface area contributed by atoms with Crippen LogP contribution in [0.3, 0.4) is 0 Å². The predicted molar refractivity (Wildman–Crippen MR) is 76.3 cm³/mol. The van der Waals surface area contributed by atoms with Crippen molar-refractivity contribution in [2.45, 2.75) is 0 Å². The Hall–Kier alpha value is -3.21. The van der Waals surface area contributed by atoms with E-state index in [1.807, 2.05) is 0 Å². The van der Waals surface area contributed by atoms with Crippen LogP contribution >= 0.6 is 0 Å². The van der Waals surface area contributed by atoms with Crippen molar-refractivity contribution in [3.63, 3.8) is 0 Å². The normalized spacial score (nSPS) is 10.9. The fraction of sp³-hybridized carbons (Fsp3) is 0. The molecule has 0 saturated heterocycles.